The number of ether oxygens (including phenoxy) is 1. The van der Waals surface area contributed by atoms with Gasteiger partial charge in [-0.1, -0.05) is 0 Å². The molecule has 8 heteroatoms. The molecule has 2 unspecified atom stereocenters. The monoisotopic (exact) mass is 257 g/mol. The number of rotatable bonds is 5. The molecule has 0 aliphatic carbocycles. The van der Waals surface area contributed by atoms with Crippen LogP contribution in [0.25, 0.3) is 0 Å². The third-order valence-electron chi connectivity index (χ3n) is 1.12. The van der Waals surface area contributed by atoms with E-state index >= 15 is 0 Å². The summed E-state index contributed by atoms with van der Waals surface area (Å²) in [6.45, 7) is 4.23. The largest absolute Gasteiger partial charge is 0.571 e. The van der Waals surface area contributed by atoms with E-state index in [0.717, 1.165) is 13.2 Å². The first kappa shape index (κ1) is 14.5. The Balaban J connectivity index is 4.80. The molecule has 2 atom stereocenters. The Morgan fingerprint density at radius 3 is 2.07 bits per heavy atom. The van der Waals surface area contributed by atoms with Gasteiger partial charge in [-0.05, 0) is 18.4 Å². The van der Waals surface area contributed by atoms with Crippen molar-refractivity contribution in [3.8, 4) is 0 Å². The van der Waals surface area contributed by atoms with Crippen LogP contribution in [0.1, 0.15) is 20.8 Å². The average molecular weight is 257 g/mol. The Morgan fingerprint density at radius 2 is 1.80 bits per heavy atom. The minimum atomic E-state index is -3.76. The maximum atomic E-state index is 11.4. The summed E-state index contributed by atoms with van der Waals surface area (Å²) in [7, 11) is -6.34. The molecule has 6 nitrogen and oxygen atoms in total. The van der Waals surface area contributed by atoms with Gasteiger partial charge < -0.3 is 4.74 Å². The number of hydrogen-bond acceptors (Lipinski definition) is 6. The second-order valence-electron chi connectivity index (χ2n) is 3.19. The van der Waals surface area contributed by atoms with E-state index in [1.807, 2.05) is 0 Å². The van der Waals surface area contributed by atoms with Crippen LogP contribution < -0.4 is 0 Å². The summed E-state index contributed by atoms with van der Waals surface area (Å²) in [5.74, 6) is -0.818. The van der Waals surface area contributed by atoms with Crippen LogP contribution in [0.15, 0.2) is 0 Å². The highest BCUT2D eigenvalue weighted by Crippen LogP contribution is 2.35. The van der Waals surface area contributed by atoms with Crippen molar-refractivity contribution >= 4 is 23.8 Å². The zero-order chi connectivity index (χ0) is 12.2. The molecule has 0 saturated heterocycles. The lowest BCUT2D eigenvalue weighted by Crippen LogP contribution is -2.23. The van der Waals surface area contributed by atoms with E-state index in [2.05, 4.69) is 4.74 Å². The van der Waals surface area contributed by atoms with E-state index in [1.54, 1.807) is 13.8 Å². The molecular formula is C7H14O6PS+. The summed E-state index contributed by atoms with van der Waals surface area (Å²) >= 11 is 0. The summed E-state index contributed by atoms with van der Waals surface area (Å²) in [5.41, 5.74) is 0. The molecule has 88 valence electrons. The third kappa shape index (κ3) is 5.81. The molecular weight excluding hydrogens is 243 g/mol. The smallest absolute Gasteiger partial charge is 0.402 e. The van der Waals surface area contributed by atoms with Crippen molar-refractivity contribution in [2.75, 3.05) is 6.26 Å². The van der Waals surface area contributed by atoms with Gasteiger partial charge in [0.2, 0.25) is 9.84 Å². The van der Waals surface area contributed by atoms with Gasteiger partial charge in [0, 0.05) is 13.2 Å². The molecule has 0 spiro atoms. The average Bonchev–Trinajstić information content (AvgIpc) is 1.95. The third-order valence-corrected chi connectivity index (χ3v) is 4.69. The van der Waals surface area contributed by atoms with Gasteiger partial charge in [0.05, 0.1) is 0 Å². The highest BCUT2D eigenvalue weighted by molar-refractivity contribution is 7.96. The van der Waals surface area contributed by atoms with Gasteiger partial charge in [-0.2, -0.15) is 0 Å². The van der Waals surface area contributed by atoms with Crippen LogP contribution >= 0.6 is 8.03 Å². The first-order chi connectivity index (χ1) is 6.64. The minimum absolute atomic E-state index is 0.409. The van der Waals surface area contributed by atoms with Gasteiger partial charge in [-0.25, -0.2) is 8.42 Å². The Hall–Kier alpha value is -0.520. The van der Waals surface area contributed by atoms with Crippen LogP contribution in [0.3, 0.4) is 0 Å². The Bertz CT molecular complexity index is 346. The second kappa shape index (κ2) is 5.53. The first-order valence-electron chi connectivity index (χ1n) is 4.13. The molecule has 0 amide bonds. The lowest BCUT2D eigenvalue weighted by molar-refractivity contribution is -0.140. The van der Waals surface area contributed by atoms with Gasteiger partial charge in [-0.15, -0.1) is 4.52 Å². The van der Waals surface area contributed by atoms with E-state index in [4.69, 9.17) is 4.52 Å². The predicted octanol–water partition coefficient (Wildman–Crippen LogP) is 1.05. The number of esters is 1. The van der Waals surface area contributed by atoms with Crippen LogP contribution in [0.5, 0.6) is 0 Å². The molecule has 0 aliphatic rings. The quantitative estimate of drug-likeness (QED) is 0.540. The predicted molar refractivity (Wildman–Crippen MR) is 54.2 cm³/mol. The first-order valence-corrected chi connectivity index (χ1v) is 7.34. The van der Waals surface area contributed by atoms with Crippen molar-refractivity contribution in [1.29, 1.82) is 0 Å². The van der Waals surface area contributed by atoms with E-state index in [-0.39, 0.29) is 0 Å². The van der Waals surface area contributed by atoms with Gasteiger partial charge in [-0.3, -0.25) is 4.79 Å². The molecule has 0 aromatic heterocycles. The van der Waals surface area contributed by atoms with Gasteiger partial charge in [0.25, 0.3) is 0 Å². The minimum Gasteiger partial charge on any atom is -0.402 e. The number of hydrogen-bond donors (Lipinski definition) is 0. The SMILES string of the molecule is CC(=O)OC([P+](=O)OC(C)C)S(C)(=O)=O. The zero-order valence-corrected chi connectivity index (χ0v) is 10.7. The number of carbonyl (C=O) groups is 1. The molecule has 0 aromatic carbocycles. The molecule has 0 bridgehead atoms. The zero-order valence-electron chi connectivity index (χ0n) is 8.96. The van der Waals surface area contributed by atoms with Crippen LogP contribution in [0.4, 0.5) is 0 Å². The Labute approximate surface area is 89.7 Å². The lowest BCUT2D eigenvalue weighted by atomic mass is 10.5. The maximum absolute atomic E-state index is 11.4. The topological polar surface area (TPSA) is 86.7 Å². The standard InChI is InChI=1S/C7H14O6PS/c1-5(2)13-14(9)7(12-6(3)8)15(4,10)11/h5,7H,1-4H3/q+1. The Kier molecular flexibility index (Phi) is 5.34. The summed E-state index contributed by atoms with van der Waals surface area (Å²) in [4.78, 5) is 10.6. The number of carbonyl (C=O) groups excluding carboxylic acids is 1. The summed E-state index contributed by atoms with van der Waals surface area (Å²) < 4.78 is 42.9. The molecule has 0 rings (SSSR count). The van der Waals surface area contributed by atoms with Gasteiger partial charge in [0.1, 0.15) is 6.10 Å². The van der Waals surface area contributed by atoms with Gasteiger partial charge >= 0.3 is 19.2 Å². The molecule has 0 N–H and O–H groups in total. The van der Waals surface area contributed by atoms with Crippen molar-refractivity contribution in [3.63, 3.8) is 0 Å². The maximum Gasteiger partial charge on any atom is 0.571 e. The van der Waals surface area contributed by atoms with E-state index in [0.29, 0.717) is 0 Å². The van der Waals surface area contributed by atoms with Crippen LogP contribution in [-0.2, 0) is 28.5 Å². The van der Waals surface area contributed by atoms with Crippen molar-refractivity contribution in [2.24, 2.45) is 0 Å². The molecule has 0 aromatic rings. The van der Waals surface area contributed by atoms with Crippen molar-refractivity contribution < 1.29 is 27.0 Å². The van der Waals surface area contributed by atoms with Crippen molar-refractivity contribution in [3.05, 3.63) is 0 Å². The summed E-state index contributed by atoms with van der Waals surface area (Å²) in [6.07, 6.45) is 0.422. The molecule has 15 heavy (non-hydrogen) atoms. The van der Waals surface area contributed by atoms with Crippen LogP contribution in [-0.4, -0.2) is 31.9 Å². The van der Waals surface area contributed by atoms with E-state index < -0.39 is 35.1 Å². The van der Waals surface area contributed by atoms with Crippen molar-refractivity contribution in [1.82, 2.24) is 0 Å². The van der Waals surface area contributed by atoms with Crippen molar-refractivity contribution in [2.45, 2.75) is 32.1 Å². The normalized spacial score (nSPS) is 14.9. The lowest BCUT2D eigenvalue weighted by Gasteiger charge is -2.05. The van der Waals surface area contributed by atoms with Gasteiger partial charge in [0.15, 0.2) is 0 Å². The molecule has 0 aliphatic heterocycles. The summed E-state index contributed by atoms with van der Waals surface area (Å²) in [6, 6.07) is 0. The molecule has 0 saturated carbocycles. The van der Waals surface area contributed by atoms with Crippen LogP contribution in [0, 0.1) is 0 Å². The van der Waals surface area contributed by atoms with E-state index in [1.165, 1.54) is 0 Å². The Morgan fingerprint density at radius 1 is 1.33 bits per heavy atom. The molecule has 0 radical (unpaired) electrons. The summed E-state index contributed by atoms with van der Waals surface area (Å²) in [5, 5.41) is -1.73. The molecule has 0 heterocycles. The fourth-order valence-electron chi connectivity index (χ4n) is 0.686. The molecule has 0 fully saturated rings. The number of sulfone groups is 1. The van der Waals surface area contributed by atoms with E-state index in [9.17, 15) is 17.8 Å². The van der Waals surface area contributed by atoms with Crippen LogP contribution in [0.2, 0.25) is 0 Å². The highest BCUT2D eigenvalue weighted by atomic mass is 32.2. The fraction of sp³-hybridized carbons (Fsp3) is 0.857. The fourth-order valence-corrected chi connectivity index (χ4v) is 3.15. The second-order valence-corrected chi connectivity index (χ2v) is 6.87. The highest BCUT2D eigenvalue weighted by Gasteiger charge is 2.45.